The molecule has 1 atom stereocenters. The predicted molar refractivity (Wildman–Crippen MR) is 97.7 cm³/mol. The first-order valence-electron chi connectivity index (χ1n) is 8.04. The number of aryl methyl sites for hydroxylation is 1. The zero-order chi connectivity index (χ0) is 16.9. The number of para-hydroxylation sites is 1. The standard InChI is InChI=1S/C19H20BrNO3/c1-13-11-14(8-9-17(13)20)21-19(22)16-6-2-3-7-18(16)24-12-15-5-4-10-23-15/h2-3,6-9,11,15H,4-5,10,12H2,1H3,(H,21,22)/t15-/m1/s1. The van der Waals surface area contributed by atoms with E-state index in [-0.39, 0.29) is 12.0 Å². The van der Waals surface area contributed by atoms with E-state index in [9.17, 15) is 4.79 Å². The zero-order valence-corrected chi connectivity index (χ0v) is 15.1. The molecule has 0 saturated carbocycles. The minimum Gasteiger partial charge on any atom is -0.490 e. The first-order valence-corrected chi connectivity index (χ1v) is 8.84. The fourth-order valence-electron chi connectivity index (χ4n) is 2.66. The van der Waals surface area contributed by atoms with Gasteiger partial charge in [0.05, 0.1) is 11.7 Å². The average Bonchev–Trinajstić information content (AvgIpc) is 3.10. The molecule has 2 aromatic carbocycles. The molecule has 0 aromatic heterocycles. The first kappa shape index (κ1) is 17.0. The number of carbonyl (C=O) groups excluding carboxylic acids is 1. The second-order valence-electron chi connectivity index (χ2n) is 5.86. The van der Waals surface area contributed by atoms with Crippen LogP contribution in [0.2, 0.25) is 0 Å². The van der Waals surface area contributed by atoms with E-state index >= 15 is 0 Å². The van der Waals surface area contributed by atoms with Crippen molar-refractivity contribution in [2.75, 3.05) is 18.5 Å². The number of nitrogens with one attached hydrogen (secondary N) is 1. The zero-order valence-electron chi connectivity index (χ0n) is 13.5. The molecule has 1 saturated heterocycles. The third-order valence-electron chi connectivity index (χ3n) is 4.00. The maximum absolute atomic E-state index is 12.6. The van der Waals surface area contributed by atoms with Crippen LogP contribution in [-0.2, 0) is 4.74 Å². The lowest BCUT2D eigenvalue weighted by atomic mass is 10.1. The highest BCUT2D eigenvalue weighted by atomic mass is 79.9. The molecule has 0 radical (unpaired) electrons. The molecule has 1 amide bonds. The van der Waals surface area contributed by atoms with Crippen LogP contribution in [0.3, 0.4) is 0 Å². The van der Waals surface area contributed by atoms with Gasteiger partial charge in [-0.05, 0) is 55.7 Å². The Morgan fingerprint density at radius 1 is 1.33 bits per heavy atom. The third kappa shape index (κ3) is 4.16. The summed E-state index contributed by atoms with van der Waals surface area (Å²) in [5, 5.41) is 2.92. The van der Waals surface area contributed by atoms with Gasteiger partial charge in [0, 0.05) is 16.8 Å². The van der Waals surface area contributed by atoms with Gasteiger partial charge in [-0.15, -0.1) is 0 Å². The Bertz CT molecular complexity index is 726. The molecular weight excluding hydrogens is 370 g/mol. The number of anilines is 1. The van der Waals surface area contributed by atoms with Crippen LogP contribution in [0.25, 0.3) is 0 Å². The molecule has 0 aliphatic carbocycles. The number of halogens is 1. The smallest absolute Gasteiger partial charge is 0.259 e. The van der Waals surface area contributed by atoms with Gasteiger partial charge in [-0.1, -0.05) is 28.1 Å². The van der Waals surface area contributed by atoms with E-state index in [4.69, 9.17) is 9.47 Å². The van der Waals surface area contributed by atoms with Gasteiger partial charge < -0.3 is 14.8 Å². The van der Waals surface area contributed by atoms with Crippen LogP contribution in [-0.4, -0.2) is 25.2 Å². The SMILES string of the molecule is Cc1cc(NC(=O)c2ccccc2OC[C@H]2CCCO2)ccc1Br. The number of benzene rings is 2. The molecule has 126 valence electrons. The van der Waals surface area contributed by atoms with E-state index in [0.29, 0.717) is 17.9 Å². The van der Waals surface area contributed by atoms with Crippen LogP contribution in [0, 0.1) is 6.92 Å². The molecule has 1 aliphatic rings. The van der Waals surface area contributed by atoms with Crippen molar-refractivity contribution in [2.24, 2.45) is 0 Å². The number of rotatable bonds is 5. The Hall–Kier alpha value is -1.85. The van der Waals surface area contributed by atoms with Gasteiger partial charge in [0.15, 0.2) is 0 Å². The van der Waals surface area contributed by atoms with Crippen LogP contribution in [0.4, 0.5) is 5.69 Å². The number of hydrogen-bond donors (Lipinski definition) is 1. The van der Waals surface area contributed by atoms with E-state index < -0.39 is 0 Å². The molecule has 2 aromatic rings. The second kappa shape index (κ2) is 7.81. The molecule has 1 aliphatic heterocycles. The van der Waals surface area contributed by atoms with Crippen molar-refractivity contribution < 1.29 is 14.3 Å². The Kier molecular flexibility index (Phi) is 5.53. The molecule has 1 heterocycles. The minimum atomic E-state index is -0.181. The van der Waals surface area contributed by atoms with Crippen LogP contribution in [0.1, 0.15) is 28.8 Å². The van der Waals surface area contributed by atoms with Crippen LogP contribution < -0.4 is 10.1 Å². The summed E-state index contributed by atoms with van der Waals surface area (Å²) in [7, 11) is 0. The molecule has 4 nitrogen and oxygen atoms in total. The van der Waals surface area contributed by atoms with Gasteiger partial charge in [0.1, 0.15) is 12.4 Å². The average molecular weight is 390 g/mol. The van der Waals surface area contributed by atoms with E-state index in [1.165, 1.54) is 0 Å². The summed E-state index contributed by atoms with van der Waals surface area (Å²) in [5.74, 6) is 0.402. The van der Waals surface area contributed by atoms with Crippen molar-refractivity contribution >= 4 is 27.5 Å². The van der Waals surface area contributed by atoms with Crippen molar-refractivity contribution in [3.63, 3.8) is 0 Å². The largest absolute Gasteiger partial charge is 0.490 e. The minimum absolute atomic E-state index is 0.121. The maximum atomic E-state index is 12.6. The quantitative estimate of drug-likeness (QED) is 0.814. The lowest BCUT2D eigenvalue weighted by molar-refractivity contribution is 0.0673. The van der Waals surface area contributed by atoms with Crippen molar-refractivity contribution in [2.45, 2.75) is 25.9 Å². The van der Waals surface area contributed by atoms with Crippen molar-refractivity contribution in [1.29, 1.82) is 0 Å². The predicted octanol–water partition coefficient (Wildman–Crippen LogP) is 4.57. The molecule has 1 fully saturated rings. The highest BCUT2D eigenvalue weighted by Gasteiger charge is 2.18. The lowest BCUT2D eigenvalue weighted by Gasteiger charge is -2.14. The summed E-state index contributed by atoms with van der Waals surface area (Å²) in [4.78, 5) is 12.6. The monoisotopic (exact) mass is 389 g/mol. The summed E-state index contributed by atoms with van der Waals surface area (Å²) < 4.78 is 12.4. The van der Waals surface area contributed by atoms with Crippen LogP contribution in [0.5, 0.6) is 5.75 Å². The van der Waals surface area contributed by atoms with E-state index in [0.717, 1.165) is 35.2 Å². The summed E-state index contributed by atoms with van der Waals surface area (Å²) in [5.41, 5.74) is 2.35. The van der Waals surface area contributed by atoms with Crippen molar-refractivity contribution in [3.8, 4) is 5.75 Å². The van der Waals surface area contributed by atoms with Gasteiger partial charge in [-0.2, -0.15) is 0 Å². The fraction of sp³-hybridized carbons (Fsp3) is 0.316. The molecule has 0 spiro atoms. The number of hydrogen-bond acceptors (Lipinski definition) is 3. The van der Waals surface area contributed by atoms with E-state index in [1.807, 2.05) is 43.3 Å². The lowest BCUT2D eigenvalue weighted by Crippen LogP contribution is -2.19. The molecule has 1 N–H and O–H groups in total. The normalized spacial score (nSPS) is 16.8. The molecule has 0 bridgehead atoms. The Morgan fingerprint density at radius 3 is 2.92 bits per heavy atom. The molecule has 24 heavy (non-hydrogen) atoms. The Balaban J connectivity index is 1.70. The second-order valence-corrected chi connectivity index (χ2v) is 6.71. The summed E-state index contributed by atoms with van der Waals surface area (Å²) >= 11 is 3.46. The van der Waals surface area contributed by atoms with Crippen LogP contribution in [0.15, 0.2) is 46.9 Å². The Morgan fingerprint density at radius 2 is 2.17 bits per heavy atom. The van der Waals surface area contributed by atoms with Gasteiger partial charge in [-0.3, -0.25) is 4.79 Å². The van der Waals surface area contributed by atoms with Gasteiger partial charge in [0.25, 0.3) is 5.91 Å². The van der Waals surface area contributed by atoms with E-state index in [1.54, 1.807) is 6.07 Å². The highest BCUT2D eigenvalue weighted by molar-refractivity contribution is 9.10. The fourth-order valence-corrected chi connectivity index (χ4v) is 2.91. The van der Waals surface area contributed by atoms with Gasteiger partial charge >= 0.3 is 0 Å². The number of ether oxygens (including phenoxy) is 2. The number of amides is 1. The van der Waals surface area contributed by atoms with Crippen LogP contribution >= 0.6 is 15.9 Å². The first-order chi connectivity index (χ1) is 11.6. The van der Waals surface area contributed by atoms with E-state index in [2.05, 4.69) is 21.2 Å². The van der Waals surface area contributed by atoms with Crippen molar-refractivity contribution in [3.05, 3.63) is 58.1 Å². The van der Waals surface area contributed by atoms with Gasteiger partial charge in [0.2, 0.25) is 0 Å². The molecule has 3 rings (SSSR count). The molecule has 5 heteroatoms. The van der Waals surface area contributed by atoms with Crippen molar-refractivity contribution in [1.82, 2.24) is 0 Å². The number of carbonyl (C=O) groups is 1. The molecule has 0 unspecified atom stereocenters. The third-order valence-corrected chi connectivity index (χ3v) is 4.89. The Labute approximate surface area is 150 Å². The highest BCUT2D eigenvalue weighted by Crippen LogP contribution is 2.24. The summed E-state index contributed by atoms with van der Waals surface area (Å²) in [6, 6.07) is 13.0. The summed E-state index contributed by atoms with van der Waals surface area (Å²) in [6.07, 6.45) is 2.20. The van der Waals surface area contributed by atoms with Gasteiger partial charge in [-0.25, -0.2) is 0 Å². The maximum Gasteiger partial charge on any atom is 0.259 e. The summed E-state index contributed by atoms with van der Waals surface area (Å²) in [6.45, 7) is 3.25. The molecular formula is C19H20BrNO3. The topological polar surface area (TPSA) is 47.6 Å².